The van der Waals surface area contributed by atoms with E-state index in [9.17, 15) is 4.79 Å². The summed E-state index contributed by atoms with van der Waals surface area (Å²) in [4.78, 5) is 15.0. The van der Waals surface area contributed by atoms with Crippen LogP contribution >= 0.6 is 0 Å². The van der Waals surface area contributed by atoms with Crippen LogP contribution in [0.25, 0.3) is 0 Å². The van der Waals surface area contributed by atoms with Gasteiger partial charge in [-0.25, -0.2) is 0 Å². The van der Waals surface area contributed by atoms with Crippen molar-refractivity contribution in [2.24, 2.45) is 5.41 Å². The van der Waals surface area contributed by atoms with Crippen molar-refractivity contribution >= 4 is 5.91 Å². The van der Waals surface area contributed by atoms with Gasteiger partial charge in [-0.1, -0.05) is 13.8 Å². The third-order valence-electron chi connectivity index (χ3n) is 5.31. The summed E-state index contributed by atoms with van der Waals surface area (Å²) in [5.74, 6) is 0.137. The number of nitrogens with zero attached hydrogens (tertiary/aromatic N) is 1. The molecule has 5 heteroatoms. The van der Waals surface area contributed by atoms with Gasteiger partial charge in [-0.3, -0.25) is 9.69 Å². The first-order chi connectivity index (χ1) is 9.80. The van der Waals surface area contributed by atoms with E-state index in [0.717, 1.165) is 39.2 Å². The molecule has 0 radical (unpaired) electrons. The highest BCUT2D eigenvalue weighted by molar-refractivity contribution is 5.85. The van der Waals surface area contributed by atoms with Crippen LogP contribution in [0.2, 0.25) is 0 Å². The molecule has 2 aliphatic rings. The van der Waals surface area contributed by atoms with Crippen LogP contribution in [0.1, 0.15) is 41.0 Å². The summed E-state index contributed by atoms with van der Waals surface area (Å²) in [6, 6.07) is 0.212. The Kier molecular flexibility index (Phi) is 4.96. The zero-order chi connectivity index (χ0) is 15.7. The van der Waals surface area contributed by atoms with Crippen LogP contribution in [0.5, 0.6) is 0 Å². The van der Waals surface area contributed by atoms with Gasteiger partial charge in [0, 0.05) is 44.2 Å². The van der Waals surface area contributed by atoms with Crippen LogP contribution < -0.4 is 10.6 Å². The molecule has 0 aromatic heterocycles. The molecule has 21 heavy (non-hydrogen) atoms. The van der Waals surface area contributed by atoms with Gasteiger partial charge in [-0.15, -0.1) is 0 Å². The number of nitrogens with one attached hydrogen (secondary N) is 2. The third-order valence-corrected chi connectivity index (χ3v) is 5.31. The molecule has 1 amide bonds. The Labute approximate surface area is 128 Å². The van der Waals surface area contributed by atoms with Crippen LogP contribution in [-0.2, 0) is 9.53 Å². The average Bonchev–Trinajstić information content (AvgIpc) is 2.47. The van der Waals surface area contributed by atoms with Crippen molar-refractivity contribution < 1.29 is 9.53 Å². The molecule has 0 aromatic rings. The number of hydrogen-bond acceptors (Lipinski definition) is 4. The number of ether oxygens (including phenoxy) is 1. The summed E-state index contributed by atoms with van der Waals surface area (Å²) < 4.78 is 5.74. The van der Waals surface area contributed by atoms with Crippen molar-refractivity contribution in [1.29, 1.82) is 0 Å². The molecule has 2 fully saturated rings. The van der Waals surface area contributed by atoms with Gasteiger partial charge in [-0.2, -0.15) is 0 Å². The SMILES string of the molecule is CCOC1CC(NC(=O)C(C)(C)N2CCNCC2)C1(C)C. The van der Waals surface area contributed by atoms with E-state index in [-0.39, 0.29) is 23.5 Å². The van der Waals surface area contributed by atoms with Crippen LogP contribution in [0.4, 0.5) is 0 Å². The quantitative estimate of drug-likeness (QED) is 0.794. The molecule has 0 bridgehead atoms. The van der Waals surface area contributed by atoms with E-state index in [4.69, 9.17) is 4.74 Å². The minimum atomic E-state index is -0.450. The summed E-state index contributed by atoms with van der Waals surface area (Å²) in [7, 11) is 0. The zero-order valence-electron chi connectivity index (χ0n) is 14.2. The Morgan fingerprint density at radius 3 is 2.52 bits per heavy atom. The lowest BCUT2D eigenvalue weighted by Gasteiger charge is -2.52. The number of piperazine rings is 1. The average molecular weight is 297 g/mol. The molecule has 2 atom stereocenters. The maximum Gasteiger partial charge on any atom is 0.240 e. The molecule has 1 aliphatic carbocycles. The summed E-state index contributed by atoms with van der Waals surface area (Å²) >= 11 is 0. The van der Waals surface area contributed by atoms with Crippen LogP contribution in [0, 0.1) is 5.41 Å². The normalized spacial score (nSPS) is 29.8. The zero-order valence-corrected chi connectivity index (χ0v) is 14.2. The largest absolute Gasteiger partial charge is 0.378 e. The Morgan fingerprint density at radius 1 is 1.38 bits per heavy atom. The standard InChI is InChI=1S/C16H31N3O2/c1-6-21-13-11-12(15(13,2)3)18-14(20)16(4,5)19-9-7-17-8-10-19/h12-13,17H,6-11H2,1-5H3,(H,18,20). The lowest BCUT2D eigenvalue weighted by molar-refractivity contribution is -0.145. The third kappa shape index (κ3) is 3.25. The fourth-order valence-corrected chi connectivity index (χ4v) is 3.32. The predicted octanol–water partition coefficient (Wildman–Crippen LogP) is 0.990. The first kappa shape index (κ1) is 16.7. The summed E-state index contributed by atoms with van der Waals surface area (Å²) in [6.45, 7) is 14.9. The van der Waals surface area contributed by atoms with E-state index in [1.807, 2.05) is 20.8 Å². The van der Waals surface area contributed by atoms with Gasteiger partial charge in [0.15, 0.2) is 0 Å². The van der Waals surface area contributed by atoms with Gasteiger partial charge < -0.3 is 15.4 Å². The first-order valence-corrected chi connectivity index (χ1v) is 8.18. The minimum absolute atomic E-state index is 0.0191. The Morgan fingerprint density at radius 2 is 2.00 bits per heavy atom. The monoisotopic (exact) mass is 297 g/mol. The van der Waals surface area contributed by atoms with E-state index in [2.05, 4.69) is 29.4 Å². The molecule has 1 saturated carbocycles. The summed E-state index contributed by atoms with van der Waals surface area (Å²) in [5.41, 5.74) is -0.430. The minimum Gasteiger partial charge on any atom is -0.378 e. The maximum atomic E-state index is 12.7. The molecule has 122 valence electrons. The van der Waals surface area contributed by atoms with Crippen LogP contribution in [0.15, 0.2) is 0 Å². The number of carbonyl (C=O) groups is 1. The van der Waals surface area contributed by atoms with Gasteiger partial charge >= 0.3 is 0 Å². The Bertz CT molecular complexity index is 376. The molecule has 2 unspecified atom stereocenters. The second kappa shape index (κ2) is 6.23. The molecule has 2 rings (SSSR count). The Balaban J connectivity index is 1.92. The summed E-state index contributed by atoms with van der Waals surface area (Å²) in [6.07, 6.45) is 1.18. The van der Waals surface area contributed by atoms with Gasteiger partial charge in [-0.05, 0) is 27.2 Å². The topological polar surface area (TPSA) is 53.6 Å². The smallest absolute Gasteiger partial charge is 0.240 e. The highest BCUT2D eigenvalue weighted by Gasteiger charge is 2.50. The van der Waals surface area contributed by atoms with E-state index >= 15 is 0 Å². The van der Waals surface area contributed by atoms with Crippen molar-refractivity contribution in [2.45, 2.75) is 58.7 Å². The molecule has 5 nitrogen and oxygen atoms in total. The number of rotatable bonds is 5. The fraction of sp³-hybridized carbons (Fsp3) is 0.938. The second-order valence-electron chi connectivity index (χ2n) is 7.32. The van der Waals surface area contributed by atoms with Crippen LogP contribution in [0.3, 0.4) is 0 Å². The number of amides is 1. The summed E-state index contributed by atoms with van der Waals surface area (Å²) in [5, 5.41) is 6.58. The van der Waals surface area contributed by atoms with Gasteiger partial charge in [0.25, 0.3) is 0 Å². The van der Waals surface area contributed by atoms with Crippen molar-refractivity contribution in [1.82, 2.24) is 15.5 Å². The van der Waals surface area contributed by atoms with Gasteiger partial charge in [0.1, 0.15) is 0 Å². The van der Waals surface area contributed by atoms with Gasteiger partial charge in [0.2, 0.25) is 5.91 Å². The maximum absolute atomic E-state index is 12.7. The Hall–Kier alpha value is -0.650. The lowest BCUT2D eigenvalue weighted by Crippen LogP contribution is -2.67. The highest BCUT2D eigenvalue weighted by atomic mass is 16.5. The van der Waals surface area contributed by atoms with E-state index in [0.29, 0.717) is 0 Å². The molecule has 1 heterocycles. The van der Waals surface area contributed by atoms with E-state index in [1.165, 1.54) is 0 Å². The van der Waals surface area contributed by atoms with Gasteiger partial charge in [0.05, 0.1) is 11.6 Å². The number of hydrogen-bond donors (Lipinski definition) is 2. The highest BCUT2D eigenvalue weighted by Crippen LogP contribution is 2.43. The molecule has 0 spiro atoms. The molecular formula is C16H31N3O2. The van der Waals surface area contributed by atoms with Crippen molar-refractivity contribution in [3.8, 4) is 0 Å². The number of carbonyl (C=O) groups excluding carboxylic acids is 1. The van der Waals surface area contributed by atoms with Crippen LogP contribution in [-0.4, -0.2) is 61.3 Å². The molecular weight excluding hydrogens is 266 g/mol. The molecule has 1 saturated heterocycles. The van der Waals surface area contributed by atoms with Crippen molar-refractivity contribution in [3.05, 3.63) is 0 Å². The molecule has 2 N–H and O–H groups in total. The molecule has 0 aromatic carbocycles. The van der Waals surface area contributed by atoms with Crippen molar-refractivity contribution in [2.75, 3.05) is 32.8 Å². The predicted molar refractivity (Wildman–Crippen MR) is 84.3 cm³/mol. The first-order valence-electron chi connectivity index (χ1n) is 8.18. The lowest BCUT2D eigenvalue weighted by atomic mass is 9.64. The second-order valence-corrected chi connectivity index (χ2v) is 7.32. The van der Waals surface area contributed by atoms with Crippen molar-refractivity contribution in [3.63, 3.8) is 0 Å². The molecule has 1 aliphatic heterocycles. The van der Waals surface area contributed by atoms with E-state index < -0.39 is 5.54 Å². The fourth-order valence-electron chi connectivity index (χ4n) is 3.32. The van der Waals surface area contributed by atoms with E-state index in [1.54, 1.807) is 0 Å².